The zero-order valence-corrected chi connectivity index (χ0v) is 21.9. The molecule has 0 radical (unpaired) electrons. The second-order valence-electron chi connectivity index (χ2n) is 7.76. The van der Waals surface area contributed by atoms with Crippen molar-refractivity contribution >= 4 is 44.5 Å². The Labute approximate surface area is 214 Å². The van der Waals surface area contributed by atoms with Crippen molar-refractivity contribution in [2.45, 2.75) is 38.4 Å². The number of sulfonamides is 1. The molecule has 0 heterocycles. The zero-order chi connectivity index (χ0) is 26.4. The molecule has 2 aromatic carbocycles. The number of esters is 1. The summed E-state index contributed by atoms with van der Waals surface area (Å²) in [5, 5.41) is 12.4. The van der Waals surface area contributed by atoms with E-state index in [1.54, 1.807) is 13.8 Å². The molecule has 0 aromatic heterocycles. The zero-order valence-electron chi connectivity index (χ0n) is 18.9. The van der Waals surface area contributed by atoms with Gasteiger partial charge in [-0.2, -0.15) is 12.8 Å². The Balaban J connectivity index is 2.05. The van der Waals surface area contributed by atoms with Gasteiger partial charge in [0.2, 0.25) is 0 Å². The van der Waals surface area contributed by atoms with E-state index in [0.29, 0.717) is 15.7 Å². The van der Waals surface area contributed by atoms with Crippen molar-refractivity contribution < 1.29 is 45.7 Å². The third-order valence-corrected chi connectivity index (χ3v) is 6.86. The van der Waals surface area contributed by atoms with E-state index in [2.05, 4.69) is 9.13 Å². The maximum atomic E-state index is 12.4. The Bertz CT molecular complexity index is 1180. The number of rotatable bonds is 10. The molecule has 0 unspecified atom stereocenters. The summed E-state index contributed by atoms with van der Waals surface area (Å²) >= 11 is 1.88. The maximum Gasteiger partial charge on any atom is 0.573 e. The average molecular weight is 628 g/mol. The minimum absolute atomic E-state index is 0.0272. The molecule has 0 fully saturated rings. The Hall–Kier alpha value is -2.55. The fraction of sp³-hybridized carbons (Fsp3) is 0.364. The van der Waals surface area contributed by atoms with Gasteiger partial charge in [-0.3, -0.25) is 4.79 Å². The molecule has 0 spiro atoms. The van der Waals surface area contributed by atoms with E-state index in [9.17, 15) is 31.5 Å². The Kier molecular flexibility index (Phi) is 9.39. The van der Waals surface area contributed by atoms with Gasteiger partial charge in [-0.25, -0.2) is 0 Å². The van der Waals surface area contributed by atoms with Crippen molar-refractivity contribution in [2.75, 3.05) is 13.2 Å². The SMILES string of the molecule is CCC(C)(C)C(=O)OCCOc1ccc(/C([O-])=N/S(=O)(=O)c2ccc(OC(F)(F)F)cc2)cc1I. The van der Waals surface area contributed by atoms with Gasteiger partial charge in [-0.15, -0.1) is 13.2 Å². The number of nitrogens with zero attached hydrogens (tertiary/aromatic N) is 1. The van der Waals surface area contributed by atoms with E-state index >= 15 is 0 Å². The molecule has 0 N–H and O–H groups in total. The Morgan fingerprint density at radius 1 is 1.09 bits per heavy atom. The molecule has 2 aromatic rings. The maximum absolute atomic E-state index is 12.4. The molecule has 0 bridgehead atoms. The summed E-state index contributed by atoms with van der Waals surface area (Å²) in [5.74, 6) is -1.64. The summed E-state index contributed by atoms with van der Waals surface area (Å²) in [6.07, 6.45) is -4.30. The van der Waals surface area contributed by atoms with Crippen molar-refractivity contribution in [1.82, 2.24) is 0 Å². The molecule has 0 atom stereocenters. The smallest absolute Gasteiger partial charge is 0.573 e. The standard InChI is InChI=1S/C22H23F3INO7S/c1-4-21(2,3)20(29)33-12-11-32-18-10-5-14(13-17(18)26)19(28)27-35(30,31)16-8-6-15(7-9-16)34-22(23,24)25/h5-10,13H,4,11-12H2,1-3H3,(H,27,28)/p-1. The first-order chi connectivity index (χ1) is 16.1. The quantitative estimate of drug-likeness (QED) is 0.128. The van der Waals surface area contributed by atoms with E-state index in [1.807, 2.05) is 29.5 Å². The molecule has 192 valence electrons. The van der Waals surface area contributed by atoms with Gasteiger partial charge in [0.15, 0.2) is 0 Å². The molecule has 2 rings (SSSR count). The van der Waals surface area contributed by atoms with Crippen LogP contribution >= 0.6 is 22.6 Å². The van der Waals surface area contributed by atoms with Crippen LogP contribution in [-0.4, -0.2) is 39.9 Å². The summed E-state index contributed by atoms with van der Waals surface area (Å²) in [5.41, 5.74) is -0.641. The van der Waals surface area contributed by atoms with Gasteiger partial charge < -0.3 is 19.3 Å². The van der Waals surface area contributed by atoms with E-state index in [1.165, 1.54) is 18.2 Å². The van der Waals surface area contributed by atoms with Crippen LogP contribution in [0.15, 0.2) is 51.8 Å². The minimum Gasteiger partial charge on any atom is -0.858 e. The van der Waals surface area contributed by atoms with Crippen molar-refractivity contribution in [3.63, 3.8) is 0 Å². The van der Waals surface area contributed by atoms with Crippen LogP contribution in [0.1, 0.15) is 32.8 Å². The lowest BCUT2D eigenvalue weighted by molar-refractivity contribution is -0.274. The Morgan fingerprint density at radius 2 is 1.71 bits per heavy atom. The van der Waals surface area contributed by atoms with Gasteiger partial charge in [0, 0.05) is 5.90 Å². The van der Waals surface area contributed by atoms with Crippen LogP contribution in [0.4, 0.5) is 13.2 Å². The highest BCUT2D eigenvalue weighted by molar-refractivity contribution is 14.1. The number of alkyl halides is 3. The molecule has 35 heavy (non-hydrogen) atoms. The van der Waals surface area contributed by atoms with Gasteiger partial charge in [-0.05, 0) is 84.8 Å². The van der Waals surface area contributed by atoms with Gasteiger partial charge in [0.25, 0.3) is 10.0 Å². The van der Waals surface area contributed by atoms with Crippen LogP contribution in [0.3, 0.4) is 0 Å². The number of ether oxygens (including phenoxy) is 3. The third-order valence-electron chi connectivity index (χ3n) is 4.75. The summed E-state index contributed by atoms with van der Waals surface area (Å²) in [6.45, 7) is 5.53. The van der Waals surface area contributed by atoms with Crippen LogP contribution in [-0.2, 0) is 19.6 Å². The lowest BCUT2D eigenvalue weighted by Crippen LogP contribution is -2.27. The lowest BCUT2D eigenvalue weighted by Gasteiger charge is -2.20. The summed E-state index contributed by atoms with van der Waals surface area (Å²) in [7, 11) is -4.47. The molecule has 0 aliphatic heterocycles. The highest BCUT2D eigenvalue weighted by Gasteiger charge is 2.31. The van der Waals surface area contributed by atoms with Crippen LogP contribution in [0.25, 0.3) is 0 Å². The van der Waals surface area contributed by atoms with E-state index in [-0.39, 0.29) is 24.7 Å². The molecule has 8 nitrogen and oxygen atoms in total. The van der Waals surface area contributed by atoms with E-state index < -0.39 is 38.3 Å². The molecule has 0 saturated heterocycles. The fourth-order valence-corrected chi connectivity index (χ4v) is 3.98. The second kappa shape index (κ2) is 11.5. The first kappa shape index (κ1) is 28.7. The van der Waals surface area contributed by atoms with Crippen LogP contribution < -0.4 is 14.6 Å². The van der Waals surface area contributed by atoms with Gasteiger partial charge in [-0.1, -0.05) is 13.0 Å². The third kappa shape index (κ3) is 8.56. The molecule has 0 aliphatic rings. The molecule has 0 aliphatic carbocycles. The fourth-order valence-electron chi connectivity index (χ4n) is 2.40. The Morgan fingerprint density at radius 3 is 2.26 bits per heavy atom. The molecule has 0 amide bonds. The van der Waals surface area contributed by atoms with Crippen molar-refractivity contribution in [1.29, 1.82) is 0 Å². The molecular formula is C22H22F3INO7S-. The van der Waals surface area contributed by atoms with E-state index in [4.69, 9.17) is 9.47 Å². The van der Waals surface area contributed by atoms with E-state index in [0.717, 1.165) is 24.3 Å². The second-order valence-corrected chi connectivity index (χ2v) is 10.5. The number of hydrogen-bond acceptors (Lipinski definition) is 7. The lowest BCUT2D eigenvalue weighted by atomic mass is 9.91. The average Bonchev–Trinajstić information content (AvgIpc) is 2.76. The largest absolute Gasteiger partial charge is 0.858 e. The highest BCUT2D eigenvalue weighted by atomic mass is 127. The van der Waals surface area contributed by atoms with Crippen LogP contribution in [0.2, 0.25) is 0 Å². The van der Waals surface area contributed by atoms with Crippen molar-refractivity contribution in [2.24, 2.45) is 9.81 Å². The summed E-state index contributed by atoms with van der Waals surface area (Å²) in [6, 6.07) is 7.42. The highest BCUT2D eigenvalue weighted by Crippen LogP contribution is 2.26. The van der Waals surface area contributed by atoms with Crippen molar-refractivity contribution in [3.8, 4) is 11.5 Å². The number of carbonyl (C=O) groups excluding carboxylic acids is 1. The van der Waals surface area contributed by atoms with Gasteiger partial charge in [0.05, 0.1) is 13.9 Å². The summed E-state index contributed by atoms with van der Waals surface area (Å²) < 4.78 is 79.6. The topological polar surface area (TPSA) is 114 Å². The van der Waals surface area contributed by atoms with Gasteiger partial charge in [0.1, 0.15) is 24.7 Å². The number of benzene rings is 2. The molecular weight excluding hydrogens is 606 g/mol. The minimum atomic E-state index is -4.93. The van der Waals surface area contributed by atoms with Crippen LogP contribution in [0, 0.1) is 8.99 Å². The van der Waals surface area contributed by atoms with Crippen molar-refractivity contribution in [3.05, 3.63) is 51.6 Å². The molecule has 13 heteroatoms. The summed E-state index contributed by atoms with van der Waals surface area (Å²) in [4.78, 5) is 11.5. The number of carbonyl (C=O) groups is 1. The monoisotopic (exact) mass is 628 g/mol. The first-order valence-electron chi connectivity index (χ1n) is 10.1. The molecule has 0 saturated carbocycles. The first-order valence-corrected chi connectivity index (χ1v) is 12.6. The number of hydrogen-bond donors (Lipinski definition) is 0. The predicted octanol–water partition coefficient (Wildman–Crippen LogP) is 4.04. The predicted molar refractivity (Wildman–Crippen MR) is 127 cm³/mol. The van der Waals surface area contributed by atoms with Gasteiger partial charge >= 0.3 is 12.3 Å². The number of halogens is 4. The normalized spacial score (nSPS) is 12.8. The van der Waals surface area contributed by atoms with Crippen LogP contribution in [0.5, 0.6) is 11.5 Å².